The normalized spacial score (nSPS) is 19.7. The summed E-state index contributed by atoms with van der Waals surface area (Å²) >= 11 is 0. The van der Waals surface area contributed by atoms with Crippen molar-refractivity contribution in [2.75, 3.05) is 21.3 Å². The minimum Gasteiger partial charge on any atom is -0.496 e. The number of fused-ring (bicyclic) bond motifs is 1. The lowest BCUT2D eigenvalue weighted by Gasteiger charge is -2.31. The van der Waals surface area contributed by atoms with Crippen LogP contribution in [0.5, 0.6) is 11.5 Å². The molecule has 0 fully saturated rings. The van der Waals surface area contributed by atoms with E-state index in [1.807, 2.05) is 0 Å². The summed E-state index contributed by atoms with van der Waals surface area (Å²) in [5.74, 6) is 0.172. The number of hydrogen-bond donors (Lipinski definition) is 0. The number of nitro benzene ring substituents is 1. The quantitative estimate of drug-likeness (QED) is 0.465. The van der Waals surface area contributed by atoms with Gasteiger partial charge < -0.3 is 18.9 Å². The van der Waals surface area contributed by atoms with Crippen molar-refractivity contribution in [2.45, 2.75) is 32.0 Å². The maximum atomic E-state index is 11.5. The highest BCUT2D eigenvalue weighted by Crippen LogP contribution is 2.46. The largest absolute Gasteiger partial charge is 0.496 e. The maximum Gasteiger partial charge on any atom is 0.315 e. The molecule has 2 rings (SSSR count). The van der Waals surface area contributed by atoms with Crippen molar-refractivity contribution in [1.82, 2.24) is 0 Å². The number of carbonyl (C=O) groups excluding carboxylic acids is 1. The fraction of sp³-hybridized carbons (Fsp3) is 0.533. The second-order valence-corrected chi connectivity index (χ2v) is 5.17. The predicted molar refractivity (Wildman–Crippen MR) is 79.8 cm³/mol. The summed E-state index contributed by atoms with van der Waals surface area (Å²) in [7, 11) is 4.14. The van der Waals surface area contributed by atoms with Gasteiger partial charge in [-0.05, 0) is 6.92 Å². The van der Waals surface area contributed by atoms with Crippen molar-refractivity contribution < 1.29 is 28.7 Å². The van der Waals surface area contributed by atoms with E-state index in [9.17, 15) is 14.9 Å². The Hall–Kier alpha value is -2.35. The molecular formula is C15H19NO7. The first-order valence-corrected chi connectivity index (χ1v) is 7.07. The van der Waals surface area contributed by atoms with Crippen molar-refractivity contribution in [3.8, 4) is 11.5 Å². The number of methoxy groups -OCH3 is 3. The molecule has 1 aliphatic heterocycles. The van der Waals surface area contributed by atoms with E-state index in [1.54, 1.807) is 6.92 Å². The van der Waals surface area contributed by atoms with Crippen LogP contribution in [-0.4, -0.2) is 38.3 Å². The Balaban J connectivity index is 2.52. The summed E-state index contributed by atoms with van der Waals surface area (Å²) in [6.45, 7) is 1.76. The highest BCUT2D eigenvalue weighted by molar-refractivity contribution is 5.70. The predicted octanol–water partition coefficient (Wildman–Crippen LogP) is 2.18. The van der Waals surface area contributed by atoms with E-state index in [2.05, 4.69) is 4.74 Å². The summed E-state index contributed by atoms with van der Waals surface area (Å²) < 4.78 is 21.0. The third kappa shape index (κ3) is 3.21. The van der Waals surface area contributed by atoms with Gasteiger partial charge in [0.2, 0.25) is 5.75 Å². The molecule has 2 atom stereocenters. The third-order valence-corrected chi connectivity index (χ3v) is 3.85. The lowest BCUT2D eigenvalue weighted by atomic mass is 9.91. The Labute approximate surface area is 133 Å². The Kier molecular flexibility index (Phi) is 5.05. The van der Waals surface area contributed by atoms with Gasteiger partial charge in [-0.2, -0.15) is 0 Å². The molecule has 0 radical (unpaired) electrons. The monoisotopic (exact) mass is 325 g/mol. The summed E-state index contributed by atoms with van der Waals surface area (Å²) in [6.07, 6.45) is -0.378. The van der Waals surface area contributed by atoms with Crippen LogP contribution < -0.4 is 9.47 Å². The molecule has 1 aliphatic rings. The van der Waals surface area contributed by atoms with Gasteiger partial charge in [-0.3, -0.25) is 14.9 Å². The fourth-order valence-electron chi connectivity index (χ4n) is 2.88. The zero-order valence-electron chi connectivity index (χ0n) is 13.5. The summed E-state index contributed by atoms with van der Waals surface area (Å²) in [5, 5.41) is 11.3. The SMILES string of the molecule is COC(=O)C[C@@H]1Cc2c(OC)cc([N+](=O)[O-])c(OC)c2[C@H](C)O1. The number of carbonyl (C=O) groups is 1. The van der Waals surface area contributed by atoms with Crippen molar-refractivity contribution in [3.63, 3.8) is 0 Å². The molecule has 0 N–H and O–H groups in total. The topological polar surface area (TPSA) is 97.1 Å². The number of esters is 1. The van der Waals surface area contributed by atoms with Gasteiger partial charge in [0.15, 0.2) is 0 Å². The Morgan fingerprint density at radius 1 is 1.39 bits per heavy atom. The van der Waals surface area contributed by atoms with Gasteiger partial charge in [-0.15, -0.1) is 0 Å². The lowest BCUT2D eigenvalue weighted by molar-refractivity contribution is -0.386. The molecule has 1 heterocycles. The van der Waals surface area contributed by atoms with Crippen LogP contribution in [0.4, 0.5) is 5.69 Å². The van der Waals surface area contributed by atoms with Crippen molar-refractivity contribution >= 4 is 11.7 Å². The second-order valence-electron chi connectivity index (χ2n) is 5.17. The first kappa shape index (κ1) is 17.0. The van der Waals surface area contributed by atoms with E-state index < -0.39 is 11.0 Å². The Morgan fingerprint density at radius 2 is 2.09 bits per heavy atom. The van der Waals surface area contributed by atoms with E-state index in [1.165, 1.54) is 27.4 Å². The van der Waals surface area contributed by atoms with Crippen molar-refractivity contribution in [1.29, 1.82) is 0 Å². The van der Waals surface area contributed by atoms with E-state index >= 15 is 0 Å². The van der Waals surface area contributed by atoms with E-state index in [-0.39, 0.29) is 29.9 Å². The van der Waals surface area contributed by atoms with Gasteiger partial charge in [0, 0.05) is 17.5 Å². The molecule has 0 amide bonds. The Bertz CT molecular complexity index is 629. The molecule has 0 saturated heterocycles. The average Bonchev–Trinajstić information content (AvgIpc) is 2.52. The van der Waals surface area contributed by atoms with Crippen LogP contribution in [0.15, 0.2) is 6.07 Å². The van der Waals surface area contributed by atoms with Crippen molar-refractivity contribution in [3.05, 3.63) is 27.3 Å². The summed E-state index contributed by atoms with van der Waals surface area (Å²) in [4.78, 5) is 22.2. The zero-order valence-corrected chi connectivity index (χ0v) is 13.5. The molecule has 0 bridgehead atoms. The standard InChI is InChI=1S/C15H19NO7/c1-8-14-10(5-9(23-8)6-13(17)21-3)12(20-2)7-11(16(18)19)15(14)22-4/h7-9H,5-6H2,1-4H3/t8-,9-/m0/s1. The van der Waals surface area contributed by atoms with Crippen LogP contribution in [0.3, 0.4) is 0 Å². The molecule has 0 aromatic heterocycles. The van der Waals surface area contributed by atoms with Gasteiger partial charge in [-0.1, -0.05) is 0 Å². The summed E-state index contributed by atoms with van der Waals surface area (Å²) in [6, 6.07) is 1.34. The first-order valence-electron chi connectivity index (χ1n) is 7.07. The van der Waals surface area contributed by atoms with Crippen molar-refractivity contribution in [2.24, 2.45) is 0 Å². The van der Waals surface area contributed by atoms with Gasteiger partial charge in [0.1, 0.15) is 5.75 Å². The van der Waals surface area contributed by atoms with Gasteiger partial charge >= 0.3 is 11.7 Å². The van der Waals surface area contributed by atoms with Gasteiger partial charge in [0.05, 0.1) is 50.9 Å². The molecule has 8 nitrogen and oxygen atoms in total. The van der Waals surface area contributed by atoms with E-state index in [4.69, 9.17) is 14.2 Å². The molecule has 1 aromatic carbocycles. The Morgan fingerprint density at radius 3 is 2.61 bits per heavy atom. The van der Waals surface area contributed by atoms with Crippen LogP contribution in [0.25, 0.3) is 0 Å². The number of benzene rings is 1. The van der Waals surface area contributed by atoms with Crippen LogP contribution in [0, 0.1) is 10.1 Å². The molecule has 8 heteroatoms. The maximum absolute atomic E-state index is 11.5. The zero-order chi connectivity index (χ0) is 17.1. The lowest BCUT2D eigenvalue weighted by Crippen LogP contribution is -2.28. The molecule has 0 unspecified atom stereocenters. The molecule has 1 aromatic rings. The van der Waals surface area contributed by atoms with Crippen LogP contribution >= 0.6 is 0 Å². The minimum absolute atomic E-state index is 0.0999. The third-order valence-electron chi connectivity index (χ3n) is 3.85. The number of rotatable bonds is 5. The summed E-state index contributed by atoms with van der Waals surface area (Å²) in [5.41, 5.74) is 1.16. The van der Waals surface area contributed by atoms with Gasteiger partial charge in [0.25, 0.3) is 0 Å². The number of nitro groups is 1. The van der Waals surface area contributed by atoms with Crippen LogP contribution in [-0.2, 0) is 20.7 Å². The second kappa shape index (κ2) is 6.82. The number of ether oxygens (including phenoxy) is 4. The van der Waals surface area contributed by atoms with Crippen LogP contribution in [0.1, 0.15) is 30.6 Å². The highest BCUT2D eigenvalue weighted by Gasteiger charge is 2.35. The molecule has 0 spiro atoms. The smallest absolute Gasteiger partial charge is 0.315 e. The molecule has 23 heavy (non-hydrogen) atoms. The van der Waals surface area contributed by atoms with Gasteiger partial charge in [-0.25, -0.2) is 0 Å². The number of hydrogen-bond acceptors (Lipinski definition) is 7. The molecular weight excluding hydrogens is 306 g/mol. The van der Waals surface area contributed by atoms with Crippen LogP contribution in [0.2, 0.25) is 0 Å². The van der Waals surface area contributed by atoms with E-state index in [0.29, 0.717) is 17.7 Å². The highest BCUT2D eigenvalue weighted by atomic mass is 16.6. The van der Waals surface area contributed by atoms with E-state index in [0.717, 1.165) is 5.56 Å². The number of nitrogens with zero attached hydrogens (tertiary/aromatic N) is 1. The molecule has 126 valence electrons. The minimum atomic E-state index is -0.519. The molecule has 0 saturated carbocycles. The first-order chi connectivity index (χ1) is 10.9. The molecule has 0 aliphatic carbocycles. The fourth-order valence-corrected chi connectivity index (χ4v) is 2.88. The average molecular weight is 325 g/mol.